The molecule has 3 rings (SSSR count). The summed E-state index contributed by atoms with van der Waals surface area (Å²) < 4.78 is 32.6. The highest BCUT2D eigenvalue weighted by Crippen LogP contribution is 2.32. The van der Waals surface area contributed by atoms with Crippen molar-refractivity contribution < 1.29 is 13.2 Å². The summed E-state index contributed by atoms with van der Waals surface area (Å²) in [7, 11) is -3.52. The minimum Gasteiger partial charge on any atom is -0.464 e. The van der Waals surface area contributed by atoms with E-state index in [1.54, 1.807) is 30.3 Å². The number of hydrogen-bond acceptors (Lipinski definition) is 4. The van der Waals surface area contributed by atoms with Crippen molar-refractivity contribution in [1.29, 1.82) is 0 Å². The van der Waals surface area contributed by atoms with E-state index in [1.807, 2.05) is 11.4 Å². The van der Waals surface area contributed by atoms with Gasteiger partial charge in [0.2, 0.25) is 10.0 Å². The molecule has 0 bridgehead atoms. The maximum absolute atomic E-state index is 12.2. The highest BCUT2D eigenvalue weighted by atomic mass is 32.2. The molecule has 100 valence electrons. The van der Waals surface area contributed by atoms with Crippen LogP contribution < -0.4 is 9.46 Å². The number of benzene rings is 1. The smallest absolute Gasteiger partial charge is 0.243 e. The number of aryl methyl sites for hydroxylation is 1. The molecule has 0 spiro atoms. The summed E-state index contributed by atoms with van der Waals surface area (Å²) in [6.07, 6.45) is 0.993. The zero-order valence-corrected chi connectivity index (χ0v) is 11.7. The summed E-state index contributed by atoms with van der Waals surface area (Å²) in [5.41, 5.74) is 1.15. The van der Waals surface area contributed by atoms with Crippen LogP contribution in [0.5, 0.6) is 5.06 Å². The minimum atomic E-state index is -3.52. The zero-order valence-electron chi connectivity index (χ0n) is 10.1. The molecule has 0 saturated carbocycles. The Balaban J connectivity index is 1.76. The maximum atomic E-state index is 12.2. The Kier molecular flexibility index (Phi) is 3.30. The second kappa shape index (κ2) is 4.96. The van der Waals surface area contributed by atoms with Gasteiger partial charge in [-0.2, -0.15) is 4.72 Å². The van der Waals surface area contributed by atoms with Crippen molar-refractivity contribution >= 4 is 21.4 Å². The molecule has 0 fully saturated rings. The third-order valence-corrected chi connectivity index (χ3v) is 5.28. The van der Waals surface area contributed by atoms with Gasteiger partial charge in [-0.1, -0.05) is 18.2 Å². The SMILES string of the molecule is O=S(=O)(NC1CCc2ccsc2O1)c1ccccc1. The number of ether oxygens (including phenoxy) is 1. The number of thiophene rings is 1. The average molecular weight is 295 g/mol. The lowest BCUT2D eigenvalue weighted by atomic mass is 10.1. The fraction of sp³-hybridized carbons (Fsp3) is 0.231. The Hall–Kier alpha value is -1.37. The summed E-state index contributed by atoms with van der Waals surface area (Å²) in [4.78, 5) is 0.260. The van der Waals surface area contributed by atoms with Crippen LogP contribution in [0.1, 0.15) is 12.0 Å². The highest BCUT2D eigenvalue weighted by Gasteiger charge is 2.25. The quantitative estimate of drug-likeness (QED) is 0.946. The predicted octanol–water partition coefficient (Wildman–Crippen LogP) is 2.38. The molecule has 0 radical (unpaired) electrons. The van der Waals surface area contributed by atoms with Crippen molar-refractivity contribution in [3.05, 3.63) is 47.3 Å². The number of rotatable bonds is 3. The molecule has 1 unspecified atom stereocenters. The molecule has 1 aliphatic heterocycles. The summed E-state index contributed by atoms with van der Waals surface area (Å²) in [5, 5.41) is 2.77. The molecule has 2 heterocycles. The van der Waals surface area contributed by atoms with Crippen LogP contribution in [0.2, 0.25) is 0 Å². The summed E-state index contributed by atoms with van der Waals surface area (Å²) in [6, 6.07) is 10.3. The Labute approximate surface area is 116 Å². The summed E-state index contributed by atoms with van der Waals surface area (Å²) >= 11 is 1.49. The largest absolute Gasteiger partial charge is 0.464 e. The van der Waals surface area contributed by atoms with E-state index >= 15 is 0 Å². The minimum absolute atomic E-state index is 0.260. The van der Waals surface area contributed by atoms with Gasteiger partial charge in [-0.15, -0.1) is 11.3 Å². The number of sulfonamides is 1. The molecule has 0 amide bonds. The van der Waals surface area contributed by atoms with Crippen LogP contribution in [0.25, 0.3) is 0 Å². The Morgan fingerprint density at radius 3 is 2.79 bits per heavy atom. The van der Waals surface area contributed by atoms with E-state index in [1.165, 1.54) is 11.3 Å². The third kappa shape index (κ3) is 2.65. The van der Waals surface area contributed by atoms with Crippen LogP contribution in [0.15, 0.2) is 46.7 Å². The standard InChI is InChI=1S/C13H13NO3S2/c15-19(16,11-4-2-1-3-5-11)14-12-7-6-10-8-9-18-13(10)17-12/h1-5,8-9,12,14H,6-7H2. The first-order valence-corrected chi connectivity index (χ1v) is 8.32. The Morgan fingerprint density at radius 2 is 2.00 bits per heavy atom. The Morgan fingerprint density at radius 1 is 1.21 bits per heavy atom. The van der Waals surface area contributed by atoms with Gasteiger partial charge < -0.3 is 4.74 Å². The first kappa shape index (κ1) is 12.7. The normalized spacial score (nSPS) is 18.6. The molecule has 2 aromatic rings. The molecule has 6 heteroatoms. The molecule has 4 nitrogen and oxygen atoms in total. The van der Waals surface area contributed by atoms with Crippen molar-refractivity contribution in [3.63, 3.8) is 0 Å². The number of hydrogen-bond donors (Lipinski definition) is 1. The van der Waals surface area contributed by atoms with E-state index in [9.17, 15) is 8.42 Å². The molecule has 1 atom stereocenters. The van der Waals surface area contributed by atoms with Gasteiger partial charge in [0.05, 0.1) is 4.90 Å². The second-order valence-electron chi connectivity index (χ2n) is 4.31. The van der Waals surface area contributed by atoms with Crippen LogP contribution in [-0.2, 0) is 16.4 Å². The van der Waals surface area contributed by atoms with Gasteiger partial charge in [-0.3, -0.25) is 0 Å². The van der Waals surface area contributed by atoms with Crippen molar-refractivity contribution in [2.24, 2.45) is 0 Å². The van der Waals surface area contributed by atoms with Gasteiger partial charge in [0.15, 0.2) is 11.3 Å². The first-order chi connectivity index (χ1) is 9.15. The van der Waals surface area contributed by atoms with Gasteiger partial charge in [-0.25, -0.2) is 8.42 Å². The lowest BCUT2D eigenvalue weighted by Gasteiger charge is -2.24. The van der Waals surface area contributed by atoms with Crippen molar-refractivity contribution in [2.45, 2.75) is 24.0 Å². The van der Waals surface area contributed by atoms with E-state index in [0.29, 0.717) is 6.42 Å². The van der Waals surface area contributed by atoms with Crippen molar-refractivity contribution in [3.8, 4) is 5.06 Å². The summed E-state index contributed by atoms with van der Waals surface area (Å²) in [6.45, 7) is 0. The molecule has 1 aliphatic rings. The van der Waals surface area contributed by atoms with Gasteiger partial charge in [0.1, 0.15) is 0 Å². The van der Waals surface area contributed by atoms with Crippen LogP contribution in [0.4, 0.5) is 0 Å². The van der Waals surface area contributed by atoms with Crippen molar-refractivity contribution in [1.82, 2.24) is 4.72 Å². The second-order valence-corrected chi connectivity index (χ2v) is 6.91. The van der Waals surface area contributed by atoms with E-state index in [-0.39, 0.29) is 4.90 Å². The predicted molar refractivity (Wildman–Crippen MR) is 73.8 cm³/mol. The average Bonchev–Trinajstić information content (AvgIpc) is 2.87. The van der Waals surface area contributed by atoms with Gasteiger partial charge in [0.25, 0.3) is 0 Å². The monoisotopic (exact) mass is 295 g/mol. The van der Waals surface area contributed by atoms with Crippen LogP contribution in [0.3, 0.4) is 0 Å². The molecule has 1 aromatic carbocycles. The number of nitrogens with one attached hydrogen (secondary N) is 1. The molecular formula is C13H13NO3S2. The van der Waals surface area contributed by atoms with Crippen LogP contribution in [-0.4, -0.2) is 14.6 Å². The highest BCUT2D eigenvalue weighted by molar-refractivity contribution is 7.89. The van der Waals surface area contributed by atoms with Crippen LogP contribution in [0, 0.1) is 0 Å². The van der Waals surface area contributed by atoms with Gasteiger partial charge >= 0.3 is 0 Å². The Bertz CT molecular complexity index is 664. The van der Waals surface area contributed by atoms with E-state index in [4.69, 9.17) is 4.74 Å². The molecule has 19 heavy (non-hydrogen) atoms. The topological polar surface area (TPSA) is 55.4 Å². The van der Waals surface area contributed by atoms with E-state index < -0.39 is 16.3 Å². The zero-order chi connectivity index (χ0) is 13.3. The van der Waals surface area contributed by atoms with Crippen LogP contribution >= 0.6 is 11.3 Å². The van der Waals surface area contributed by atoms with E-state index in [0.717, 1.165) is 17.0 Å². The van der Waals surface area contributed by atoms with Gasteiger partial charge in [-0.05, 0) is 30.0 Å². The van der Waals surface area contributed by atoms with E-state index in [2.05, 4.69) is 4.72 Å². The molecule has 1 aromatic heterocycles. The van der Waals surface area contributed by atoms with Crippen molar-refractivity contribution in [2.75, 3.05) is 0 Å². The lowest BCUT2D eigenvalue weighted by Crippen LogP contribution is -2.40. The fourth-order valence-corrected chi connectivity index (χ4v) is 4.02. The first-order valence-electron chi connectivity index (χ1n) is 5.95. The molecule has 1 N–H and O–H groups in total. The third-order valence-electron chi connectivity index (χ3n) is 2.97. The fourth-order valence-electron chi connectivity index (χ4n) is 2.01. The number of fused-ring (bicyclic) bond motifs is 1. The molecule has 0 saturated heterocycles. The molecule has 0 aliphatic carbocycles. The lowest BCUT2D eigenvalue weighted by molar-refractivity contribution is 0.169. The molecular weight excluding hydrogens is 282 g/mol. The summed E-state index contributed by atoms with van der Waals surface area (Å²) in [5.74, 6) is 0. The van der Waals surface area contributed by atoms with Gasteiger partial charge in [0, 0.05) is 12.0 Å². The maximum Gasteiger partial charge on any atom is 0.243 e.